The van der Waals surface area contributed by atoms with Crippen LogP contribution >= 0.6 is 0 Å². The van der Waals surface area contributed by atoms with Crippen LogP contribution < -0.4 is 5.73 Å². The molecule has 0 spiro atoms. The third-order valence-electron chi connectivity index (χ3n) is 2.01. The van der Waals surface area contributed by atoms with E-state index in [-0.39, 0.29) is 12.3 Å². The third kappa shape index (κ3) is 2.54. The SMILES string of the molecule is CCc1cc(CC(N)=O)cnc1C. The molecule has 3 heteroatoms. The van der Waals surface area contributed by atoms with Gasteiger partial charge in [0.15, 0.2) is 0 Å². The maximum absolute atomic E-state index is 10.6. The third-order valence-corrected chi connectivity index (χ3v) is 2.01. The van der Waals surface area contributed by atoms with Crippen LogP contribution in [0.4, 0.5) is 0 Å². The van der Waals surface area contributed by atoms with Gasteiger partial charge in [-0.1, -0.05) is 13.0 Å². The lowest BCUT2D eigenvalue weighted by molar-refractivity contribution is -0.117. The first-order valence-corrected chi connectivity index (χ1v) is 4.36. The van der Waals surface area contributed by atoms with Crippen LogP contribution in [0.3, 0.4) is 0 Å². The summed E-state index contributed by atoms with van der Waals surface area (Å²) in [6.07, 6.45) is 2.92. The number of carbonyl (C=O) groups excluding carboxylic acids is 1. The molecule has 1 amide bonds. The van der Waals surface area contributed by atoms with Gasteiger partial charge in [0.1, 0.15) is 0 Å². The molecule has 0 aromatic carbocycles. The number of rotatable bonds is 3. The van der Waals surface area contributed by atoms with Gasteiger partial charge in [-0.3, -0.25) is 9.78 Å². The summed E-state index contributed by atoms with van der Waals surface area (Å²) >= 11 is 0. The van der Waals surface area contributed by atoms with Crippen molar-refractivity contribution in [2.45, 2.75) is 26.7 Å². The molecule has 3 nitrogen and oxygen atoms in total. The van der Waals surface area contributed by atoms with Crippen LogP contribution in [-0.2, 0) is 17.6 Å². The van der Waals surface area contributed by atoms with Crippen LogP contribution in [-0.4, -0.2) is 10.9 Å². The van der Waals surface area contributed by atoms with Gasteiger partial charge < -0.3 is 5.73 Å². The monoisotopic (exact) mass is 178 g/mol. The van der Waals surface area contributed by atoms with Crippen molar-refractivity contribution in [3.05, 3.63) is 29.1 Å². The van der Waals surface area contributed by atoms with E-state index >= 15 is 0 Å². The molecular formula is C10H14N2O. The average molecular weight is 178 g/mol. The van der Waals surface area contributed by atoms with E-state index in [2.05, 4.69) is 11.9 Å². The van der Waals surface area contributed by atoms with Gasteiger partial charge in [0.05, 0.1) is 6.42 Å². The highest BCUT2D eigenvalue weighted by Crippen LogP contribution is 2.08. The fourth-order valence-electron chi connectivity index (χ4n) is 1.28. The van der Waals surface area contributed by atoms with E-state index in [9.17, 15) is 4.79 Å². The number of nitrogens with zero attached hydrogens (tertiary/aromatic N) is 1. The Morgan fingerprint density at radius 1 is 1.62 bits per heavy atom. The fourth-order valence-corrected chi connectivity index (χ4v) is 1.28. The van der Waals surface area contributed by atoms with Gasteiger partial charge in [-0.2, -0.15) is 0 Å². The van der Waals surface area contributed by atoms with E-state index in [1.807, 2.05) is 13.0 Å². The zero-order valence-corrected chi connectivity index (χ0v) is 8.00. The summed E-state index contributed by atoms with van der Waals surface area (Å²) in [6.45, 7) is 4.03. The zero-order valence-electron chi connectivity index (χ0n) is 8.00. The standard InChI is InChI=1S/C10H14N2O/c1-3-9-4-8(5-10(11)13)6-12-7(9)2/h4,6H,3,5H2,1-2H3,(H2,11,13). The van der Waals surface area contributed by atoms with Gasteiger partial charge in [-0.25, -0.2) is 0 Å². The van der Waals surface area contributed by atoms with Crippen LogP contribution in [0.25, 0.3) is 0 Å². The number of primary amides is 1. The first-order valence-electron chi connectivity index (χ1n) is 4.36. The predicted molar refractivity (Wildman–Crippen MR) is 51.3 cm³/mol. The Bertz CT molecular complexity index is 321. The molecule has 0 saturated carbocycles. The Labute approximate surface area is 78.0 Å². The topological polar surface area (TPSA) is 56.0 Å². The molecular weight excluding hydrogens is 164 g/mol. The molecule has 1 rings (SSSR count). The Hall–Kier alpha value is -1.38. The second kappa shape index (κ2) is 4.03. The van der Waals surface area contributed by atoms with Crippen LogP contribution in [0, 0.1) is 6.92 Å². The molecule has 1 heterocycles. The van der Waals surface area contributed by atoms with Crippen molar-refractivity contribution in [1.29, 1.82) is 0 Å². The summed E-state index contributed by atoms with van der Waals surface area (Å²) in [5.41, 5.74) is 8.19. The van der Waals surface area contributed by atoms with Crippen molar-refractivity contribution in [3.63, 3.8) is 0 Å². The van der Waals surface area contributed by atoms with Crippen molar-refractivity contribution in [3.8, 4) is 0 Å². The number of amides is 1. The zero-order chi connectivity index (χ0) is 9.84. The minimum atomic E-state index is -0.312. The molecule has 0 unspecified atom stereocenters. The van der Waals surface area contributed by atoms with E-state index in [0.29, 0.717) is 0 Å². The van der Waals surface area contributed by atoms with Crippen LogP contribution in [0.5, 0.6) is 0 Å². The number of nitrogens with two attached hydrogens (primary N) is 1. The normalized spacial score (nSPS) is 10.0. The molecule has 2 N–H and O–H groups in total. The Balaban J connectivity index is 2.92. The molecule has 1 aromatic rings. The molecule has 0 fully saturated rings. The Kier molecular flexibility index (Phi) is 3.01. The second-order valence-electron chi connectivity index (χ2n) is 3.08. The van der Waals surface area contributed by atoms with Crippen molar-refractivity contribution in [2.75, 3.05) is 0 Å². The highest BCUT2D eigenvalue weighted by Gasteiger charge is 2.02. The van der Waals surface area contributed by atoms with Gasteiger partial charge in [0, 0.05) is 11.9 Å². The van der Waals surface area contributed by atoms with E-state index in [0.717, 1.165) is 17.7 Å². The molecule has 1 aromatic heterocycles. The maximum Gasteiger partial charge on any atom is 0.221 e. The number of hydrogen-bond donors (Lipinski definition) is 1. The van der Waals surface area contributed by atoms with Gasteiger partial charge >= 0.3 is 0 Å². The quantitative estimate of drug-likeness (QED) is 0.750. The molecule has 0 saturated heterocycles. The first-order chi connectivity index (χ1) is 6.13. The number of carbonyl (C=O) groups is 1. The lowest BCUT2D eigenvalue weighted by atomic mass is 10.1. The van der Waals surface area contributed by atoms with Crippen LogP contribution in [0.1, 0.15) is 23.7 Å². The number of aryl methyl sites for hydroxylation is 2. The number of pyridine rings is 1. The van der Waals surface area contributed by atoms with Crippen molar-refractivity contribution in [2.24, 2.45) is 5.73 Å². The summed E-state index contributed by atoms with van der Waals surface area (Å²) < 4.78 is 0. The lowest BCUT2D eigenvalue weighted by Crippen LogP contribution is -2.14. The summed E-state index contributed by atoms with van der Waals surface area (Å²) in [4.78, 5) is 14.8. The summed E-state index contributed by atoms with van der Waals surface area (Å²) in [7, 11) is 0. The molecule has 0 aliphatic rings. The molecule has 0 bridgehead atoms. The van der Waals surface area contributed by atoms with Crippen LogP contribution in [0.2, 0.25) is 0 Å². The first kappa shape index (κ1) is 9.71. The Morgan fingerprint density at radius 3 is 2.85 bits per heavy atom. The fraction of sp³-hybridized carbons (Fsp3) is 0.400. The minimum absolute atomic E-state index is 0.278. The largest absolute Gasteiger partial charge is 0.369 e. The van der Waals surface area contributed by atoms with E-state index < -0.39 is 0 Å². The number of aromatic nitrogens is 1. The van der Waals surface area contributed by atoms with Crippen molar-refractivity contribution >= 4 is 5.91 Å². The molecule has 13 heavy (non-hydrogen) atoms. The van der Waals surface area contributed by atoms with Crippen molar-refractivity contribution in [1.82, 2.24) is 4.98 Å². The average Bonchev–Trinajstić information content (AvgIpc) is 2.07. The summed E-state index contributed by atoms with van der Waals surface area (Å²) in [6, 6.07) is 1.99. The van der Waals surface area contributed by atoms with E-state index in [4.69, 9.17) is 5.73 Å². The summed E-state index contributed by atoms with van der Waals surface area (Å²) in [5, 5.41) is 0. The van der Waals surface area contributed by atoms with Gasteiger partial charge in [0.2, 0.25) is 5.91 Å². The van der Waals surface area contributed by atoms with Gasteiger partial charge in [-0.05, 0) is 24.5 Å². The number of hydrogen-bond acceptors (Lipinski definition) is 2. The summed E-state index contributed by atoms with van der Waals surface area (Å²) in [5.74, 6) is -0.312. The van der Waals surface area contributed by atoms with Crippen LogP contribution in [0.15, 0.2) is 12.3 Å². The van der Waals surface area contributed by atoms with Gasteiger partial charge in [0.25, 0.3) is 0 Å². The second-order valence-corrected chi connectivity index (χ2v) is 3.08. The Morgan fingerprint density at radius 2 is 2.31 bits per heavy atom. The maximum atomic E-state index is 10.6. The van der Waals surface area contributed by atoms with Gasteiger partial charge in [-0.15, -0.1) is 0 Å². The highest BCUT2D eigenvalue weighted by molar-refractivity contribution is 5.76. The van der Waals surface area contributed by atoms with E-state index in [1.165, 1.54) is 5.56 Å². The van der Waals surface area contributed by atoms with E-state index in [1.54, 1.807) is 6.20 Å². The minimum Gasteiger partial charge on any atom is -0.369 e. The molecule has 0 aliphatic heterocycles. The molecule has 0 radical (unpaired) electrons. The predicted octanol–water partition coefficient (Wildman–Crippen LogP) is 0.980. The lowest BCUT2D eigenvalue weighted by Gasteiger charge is -2.04. The molecule has 0 atom stereocenters. The smallest absolute Gasteiger partial charge is 0.221 e. The highest BCUT2D eigenvalue weighted by atomic mass is 16.1. The molecule has 0 aliphatic carbocycles. The van der Waals surface area contributed by atoms with Crippen molar-refractivity contribution < 1.29 is 4.79 Å². The molecule has 70 valence electrons.